The highest BCUT2D eigenvalue weighted by molar-refractivity contribution is 6.61. The minimum Gasteiger partial charge on any atom is -0.418 e. The van der Waals surface area contributed by atoms with E-state index in [-0.39, 0.29) is 6.61 Å². The van der Waals surface area contributed by atoms with Gasteiger partial charge < -0.3 is 14.2 Å². The Labute approximate surface area is 104 Å². The van der Waals surface area contributed by atoms with Crippen LogP contribution in [-0.4, -0.2) is 31.0 Å². The Morgan fingerprint density at radius 3 is 2.71 bits per heavy atom. The molecule has 1 unspecified atom stereocenters. The number of ether oxygens (including phenoxy) is 3. The lowest BCUT2D eigenvalue weighted by Crippen LogP contribution is -2.48. The van der Waals surface area contributed by atoms with E-state index >= 15 is 0 Å². The molecule has 1 aliphatic heterocycles. The van der Waals surface area contributed by atoms with E-state index in [0.29, 0.717) is 19.6 Å². The largest absolute Gasteiger partial charge is 0.418 e. The molecule has 0 amide bonds. The van der Waals surface area contributed by atoms with Crippen LogP contribution in [0, 0.1) is 0 Å². The summed E-state index contributed by atoms with van der Waals surface area (Å²) < 4.78 is 15.9. The van der Waals surface area contributed by atoms with Crippen molar-refractivity contribution in [2.45, 2.75) is 12.2 Å². The van der Waals surface area contributed by atoms with Gasteiger partial charge in [-0.1, -0.05) is 30.3 Å². The molecule has 0 saturated carbocycles. The summed E-state index contributed by atoms with van der Waals surface area (Å²) in [6.07, 6.45) is 0.423. The van der Waals surface area contributed by atoms with Gasteiger partial charge in [0.1, 0.15) is 6.61 Å². The zero-order valence-electron chi connectivity index (χ0n) is 9.23. The zero-order chi connectivity index (χ0) is 12.1. The highest BCUT2D eigenvalue weighted by atomic mass is 35.5. The second-order valence-electron chi connectivity index (χ2n) is 3.81. The molecular formula is C12H13ClO4. The third-order valence-corrected chi connectivity index (χ3v) is 2.57. The van der Waals surface area contributed by atoms with Crippen molar-refractivity contribution in [2.75, 3.05) is 19.8 Å². The van der Waals surface area contributed by atoms with Crippen LogP contribution in [0.4, 0.5) is 4.79 Å². The van der Waals surface area contributed by atoms with Crippen molar-refractivity contribution in [1.82, 2.24) is 0 Å². The van der Waals surface area contributed by atoms with Gasteiger partial charge in [0.2, 0.25) is 5.79 Å². The molecule has 17 heavy (non-hydrogen) atoms. The van der Waals surface area contributed by atoms with Gasteiger partial charge >= 0.3 is 5.43 Å². The van der Waals surface area contributed by atoms with Crippen molar-refractivity contribution in [1.29, 1.82) is 0 Å². The van der Waals surface area contributed by atoms with E-state index < -0.39 is 11.2 Å². The summed E-state index contributed by atoms with van der Waals surface area (Å²) in [7, 11) is 0. The molecule has 1 aromatic rings. The van der Waals surface area contributed by atoms with Crippen LogP contribution in [0.2, 0.25) is 0 Å². The maximum Gasteiger partial charge on any atom is 0.406 e. The second kappa shape index (κ2) is 5.49. The Morgan fingerprint density at radius 1 is 1.35 bits per heavy atom. The first-order chi connectivity index (χ1) is 8.20. The SMILES string of the molecule is O=C(Cl)OC1(Cc2ccccc2)COCCO1. The van der Waals surface area contributed by atoms with E-state index in [0.717, 1.165) is 5.56 Å². The molecule has 1 heterocycles. The van der Waals surface area contributed by atoms with Gasteiger partial charge in [-0.25, -0.2) is 4.79 Å². The fourth-order valence-corrected chi connectivity index (χ4v) is 1.95. The molecule has 0 aromatic heterocycles. The Balaban J connectivity index is 2.12. The van der Waals surface area contributed by atoms with Gasteiger partial charge in [-0.05, 0) is 5.56 Å². The van der Waals surface area contributed by atoms with Crippen LogP contribution < -0.4 is 0 Å². The third-order valence-electron chi connectivity index (χ3n) is 2.50. The van der Waals surface area contributed by atoms with E-state index in [1.807, 2.05) is 30.3 Å². The molecule has 1 aliphatic rings. The van der Waals surface area contributed by atoms with E-state index in [2.05, 4.69) is 0 Å². The monoisotopic (exact) mass is 256 g/mol. The van der Waals surface area contributed by atoms with E-state index in [1.165, 1.54) is 0 Å². The third kappa shape index (κ3) is 3.43. The zero-order valence-corrected chi connectivity index (χ0v) is 9.98. The predicted molar refractivity (Wildman–Crippen MR) is 62.0 cm³/mol. The molecule has 0 N–H and O–H groups in total. The second-order valence-corrected chi connectivity index (χ2v) is 4.12. The van der Waals surface area contributed by atoms with E-state index in [1.54, 1.807) is 0 Å². The summed E-state index contributed by atoms with van der Waals surface area (Å²) in [5.41, 5.74) is 0.113. The summed E-state index contributed by atoms with van der Waals surface area (Å²) in [6, 6.07) is 9.61. The smallest absolute Gasteiger partial charge is 0.406 e. The number of rotatable bonds is 3. The molecule has 0 radical (unpaired) electrons. The van der Waals surface area contributed by atoms with Crippen molar-refractivity contribution in [2.24, 2.45) is 0 Å². The summed E-state index contributed by atoms with van der Waals surface area (Å²) in [5, 5.41) is 0. The molecule has 0 bridgehead atoms. The van der Waals surface area contributed by atoms with Crippen LogP contribution in [0.3, 0.4) is 0 Å². The molecule has 0 aliphatic carbocycles. The molecule has 92 valence electrons. The number of carbonyl (C=O) groups is 1. The number of benzene rings is 1. The first kappa shape index (κ1) is 12.4. The summed E-state index contributed by atoms with van der Waals surface area (Å²) in [4.78, 5) is 10.9. The van der Waals surface area contributed by atoms with Gasteiger partial charge in [0, 0.05) is 18.0 Å². The lowest BCUT2D eigenvalue weighted by Gasteiger charge is -2.35. The summed E-state index contributed by atoms with van der Waals surface area (Å²) >= 11 is 5.27. The van der Waals surface area contributed by atoms with Gasteiger partial charge in [-0.2, -0.15) is 0 Å². The fraction of sp³-hybridized carbons (Fsp3) is 0.417. The molecule has 0 spiro atoms. The molecule has 2 rings (SSSR count). The minimum atomic E-state index is -1.10. The van der Waals surface area contributed by atoms with Gasteiger partial charge in [0.05, 0.1) is 13.2 Å². The average Bonchev–Trinajstić information content (AvgIpc) is 2.30. The number of hydrogen-bond acceptors (Lipinski definition) is 4. The van der Waals surface area contributed by atoms with Crippen LogP contribution in [0.1, 0.15) is 5.56 Å². The first-order valence-electron chi connectivity index (χ1n) is 5.34. The number of hydrogen-bond donors (Lipinski definition) is 0. The number of carbonyl (C=O) groups excluding carboxylic acids is 1. The fourth-order valence-electron chi connectivity index (χ4n) is 1.81. The van der Waals surface area contributed by atoms with Gasteiger partial charge in [-0.3, -0.25) is 0 Å². The van der Waals surface area contributed by atoms with Gasteiger partial charge in [0.25, 0.3) is 0 Å². The maximum absolute atomic E-state index is 10.9. The minimum absolute atomic E-state index is 0.195. The predicted octanol–water partition coefficient (Wildman–Crippen LogP) is 2.35. The molecule has 4 nitrogen and oxygen atoms in total. The number of halogens is 1. The maximum atomic E-state index is 10.9. The van der Waals surface area contributed by atoms with Crippen LogP contribution in [-0.2, 0) is 20.6 Å². The standard InChI is InChI=1S/C12H13ClO4/c13-11(14)17-12(9-15-6-7-16-12)8-10-4-2-1-3-5-10/h1-5H,6-9H2. The molecule has 1 saturated heterocycles. The van der Waals surface area contributed by atoms with Crippen LogP contribution in [0.15, 0.2) is 30.3 Å². The first-order valence-corrected chi connectivity index (χ1v) is 5.72. The quantitative estimate of drug-likeness (QED) is 0.779. The van der Waals surface area contributed by atoms with Crippen molar-refractivity contribution in [3.8, 4) is 0 Å². The van der Waals surface area contributed by atoms with Crippen molar-refractivity contribution >= 4 is 17.0 Å². The Hall–Kier alpha value is -1.10. The Bertz CT molecular complexity index is 373. The van der Waals surface area contributed by atoms with E-state index in [4.69, 9.17) is 25.8 Å². The normalized spacial score (nSPS) is 24.3. The van der Waals surface area contributed by atoms with Crippen LogP contribution in [0.25, 0.3) is 0 Å². The topological polar surface area (TPSA) is 44.8 Å². The van der Waals surface area contributed by atoms with Gasteiger partial charge in [0.15, 0.2) is 0 Å². The highest BCUT2D eigenvalue weighted by Crippen LogP contribution is 2.24. The summed E-state index contributed by atoms with van der Waals surface area (Å²) in [6.45, 7) is 1.08. The molecule has 1 atom stereocenters. The average molecular weight is 257 g/mol. The molecule has 1 aromatic carbocycles. The van der Waals surface area contributed by atoms with Crippen LogP contribution in [0.5, 0.6) is 0 Å². The van der Waals surface area contributed by atoms with E-state index in [9.17, 15) is 4.79 Å². The highest BCUT2D eigenvalue weighted by Gasteiger charge is 2.38. The molecule has 5 heteroatoms. The van der Waals surface area contributed by atoms with Crippen LogP contribution >= 0.6 is 11.6 Å². The summed E-state index contributed by atoms with van der Waals surface area (Å²) in [5.74, 6) is -1.10. The Kier molecular flexibility index (Phi) is 3.99. The Morgan fingerprint density at radius 2 is 2.12 bits per heavy atom. The molecule has 1 fully saturated rings. The lowest BCUT2D eigenvalue weighted by atomic mass is 10.1. The van der Waals surface area contributed by atoms with Crippen molar-refractivity contribution in [3.63, 3.8) is 0 Å². The van der Waals surface area contributed by atoms with Crippen molar-refractivity contribution in [3.05, 3.63) is 35.9 Å². The van der Waals surface area contributed by atoms with Crippen molar-refractivity contribution < 1.29 is 19.0 Å². The molecular weight excluding hydrogens is 244 g/mol. The lowest BCUT2D eigenvalue weighted by molar-refractivity contribution is -0.261. The van der Waals surface area contributed by atoms with Gasteiger partial charge in [-0.15, -0.1) is 0 Å².